The molecular weight excluding hydrogens is 361 g/mol. The zero-order valence-electron chi connectivity index (χ0n) is 15.3. The number of alkyl halides is 3. The van der Waals surface area contributed by atoms with Gasteiger partial charge in [0, 0.05) is 13.6 Å². The predicted molar refractivity (Wildman–Crippen MR) is 94.8 cm³/mol. The zero-order valence-corrected chi connectivity index (χ0v) is 15.3. The van der Waals surface area contributed by atoms with E-state index in [9.17, 15) is 13.2 Å². The maximum atomic E-state index is 12.1. The second-order valence-electron chi connectivity index (χ2n) is 5.77. The second kappa shape index (κ2) is 9.91. The Morgan fingerprint density at radius 2 is 1.89 bits per heavy atom. The van der Waals surface area contributed by atoms with Gasteiger partial charge in [-0.15, -0.1) is 0 Å². The Kier molecular flexibility index (Phi) is 7.59. The number of hydrogen-bond donors (Lipinski definition) is 2. The van der Waals surface area contributed by atoms with E-state index in [0.29, 0.717) is 31.2 Å². The van der Waals surface area contributed by atoms with E-state index in [1.807, 2.05) is 26.1 Å². The summed E-state index contributed by atoms with van der Waals surface area (Å²) in [5.41, 5.74) is 1.62. The van der Waals surface area contributed by atoms with Gasteiger partial charge in [0.15, 0.2) is 5.96 Å². The summed E-state index contributed by atoms with van der Waals surface area (Å²) in [5.74, 6) is 1.42. The fourth-order valence-corrected chi connectivity index (χ4v) is 2.18. The molecular formula is C17H23F3N6O. The van der Waals surface area contributed by atoms with Gasteiger partial charge < -0.3 is 15.4 Å². The summed E-state index contributed by atoms with van der Waals surface area (Å²) in [6.07, 6.45) is -2.82. The van der Waals surface area contributed by atoms with Crippen LogP contribution in [0.5, 0.6) is 0 Å². The molecule has 27 heavy (non-hydrogen) atoms. The molecule has 0 unspecified atom stereocenters. The molecule has 0 atom stereocenters. The van der Waals surface area contributed by atoms with Crippen LogP contribution in [-0.2, 0) is 31.5 Å². The SMILES string of the molecule is CCNC(=NCc1ccc(COCC(F)(F)F)cc1)NCc1ncnn1C. The fraction of sp³-hybridized carbons (Fsp3) is 0.471. The number of nitrogens with zero attached hydrogens (tertiary/aromatic N) is 4. The van der Waals surface area contributed by atoms with Crippen LogP contribution in [-0.4, -0.2) is 40.1 Å². The molecule has 10 heteroatoms. The summed E-state index contributed by atoms with van der Waals surface area (Å²) in [7, 11) is 1.81. The van der Waals surface area contributed by atoms with Crippen LogP contribution in [0.15, 0.2) is 35.6 Å². The first-order valence-electron chi connectivity index (χ1n) is 8.44. The number of nitrogens with one attached hydrogen (secondary N) is 2. The molecule has 0 radical (unpaired) electrons. The molecule has 1 aromatic heterocycles. The van der Waals surface area contributed by atoms with Gasteiger partial charge in [-0.25, -0.2) is 9.98 Å². The third-order valence-electron chi connectivity index (χ3n) is 3.54. The first-order chi connectivity index (χ1) is 12.9. The lowest BCUT2D eigenvalue weighted by Crippen LogP contribution is -2.37. The van der Waals surface area contributed by atoms with Crippen molar-refractivity contribution in [1.29, 1.82) is 0 Å². The van der Waals surface area contributed by atoms with E-state index in [2.05, 4.69) is 30.4 Å². The molecule has 0 amide bonds. The number of rotatable bonds is 8. The molecule has 148 valence electrons. The van der Waals surface area contributed by atoms with Crippen LogP contribution in [0.1, 0.15) is 23.9 Å². The lowest BCUT2D eigenvalue weighted by atomic mass is 10.1. The minimum Gasteiger partial charge on any atom is -0.367 e. The predicted octanol–water partition coefficient (Wildman–Crippen LogP) is 2.15. The van der Waals surface area contributed by atoms with Gasteiger partial charge in [-0.2, -0.15) is 18.3 Å². The van der Waals surface area contributed by atoms with E-state index in [4.69, 9.17) is 0 Å². The quantitative estimate of drug-likeness (QED) is 0.539. The van der Waals surface area contributed by atoms with E-state index in [1.165, 1.54) is 6.33 Å². The van der Waals surface area contributed by atoms with Gasteiger partial charge in [0.2, 0.25) is 0 Å². The summed E-state index contributed by atoms with van der Waals surface area (Å²) < 4.78 is 42.5. The average Bonchev–Trinajstić information content (AvgIpc) is 3.02. The minimum absolute atomic E-state index is 0.0784. The monoisotopic (exact) mass is 384 g/mol. The lowest BCUT2D eigenvalue weighted by Gasteiger charge is -2.11. The van der Waals surface area contributed by atoms with E-state index in [1.54, 1.807) is 16.8 Å². The van der Waals surface area contributed by atoms with Gasteiger partial charge in [-0.1, -0.05) is 24.3 Å². The highest BCUT2D eigenvalue weighted by Crippen LogP contribution is 2.16. The van der Waals surface area contributed by atoms with Gasteiger partial charge in [0.05, 0.1) is 19.7 Å². The summed E-state index contributed by atoms with van der Waals surface area (Å²) in [4.78, 5) is 8.63. The van der Waals surface area contributed by atoms with Crippen molar-refractivity contribution in [3.8, 4) is 0 Å². The summed E-state index contributed by atoms with van der Waals surface area (Å²) in [5, 5.41) is 10.3. The molecule has 0 aliphatic carbocycles. The lowest BCUT2D eigenvalue weighted by molar-refractivity contribution is -0.176. The first-order valence-corrected chi connectivity index (χ1v) is 8.44. The van der Waals surface area contributed by atoms with Crippen LogP contribution in [0.25, 0.3) is 0 Å². The first kappa shape index (κ1) is 20.7. The van der Waals surface area contributed by atoms with Crippen molar-refractivity contribution >= 4 is 5.96 Å². The summed E-state index contributed by atoms with van der Waals surface area (Å²) >= 11 is 0. The average molecular weight is 384 g/mol. The highest BCUT2D eigenvalue weighted by Gasteiger charge is 2.27. The fourth-order valence-electron chi connectivity index (χ4n) is 2.18. The summed E-state index contributed by atoms with van der Waals surface area (Å²) in [6.45, 7) is 2.26. The Bertz CT molecular complexity index is 727. The standard InChI is InChI=1S/C17H23F3N6O/c1-3-21-16(23-9-15-24-12-25-26(15)2)22-8-13-4-6-14(7-5-13)10-27-11-17(18,19)20/h4-7,12H,3,8-11H2,1-2H3,(H2,21,22,23). The van der Waals surface area contributed by atoms with Crippen LogP contribution in [0.2, 0.25) is 0 Å². The number of ether oxygens (including phenoxy) is 1. The van der Waals surface area contributed by atoms with Crippen molar-refractivity contribution in [2.45, 2.75) is 32.8 Å². The van der Waals surface area contributed by atoms with Gasteiger partial charge in [-0.3, -0.25) is 4.68 Å². The van der Waals surface area contributed by atoms with Crippen molar-refractivity contribution in [3.05, 3.63) is 47.5 Å². The molecule has 0 fully saturated rings. The molecule has 7 nitrogen and oxygen atoms in total. The molecule has 2 aromatic rings. The van der Waals surface area contributed by atoms with Crippen molar-refractivity contribution in [2.24, 2.45) is 12.0 Å². The van der Waals surface area contributed by atoms with Crippen LogP contribution in [0.3, 0.4) is 0 Å². The van der Waals surface area contributed by atoms with Crippen molar-refractivity contribution in [1.82, 2.24) is 25.4 Å². The van der Waals surface area contributed by atoms with Crippen LogP contribution in [0, 0.1) is 0 Å². The molecule has 0 bridgehead atoms. The third-order valence-corrected chi connectivity index (χ3v) is 3.54. The molecule has 2 rings (SSSR count). The molecule has 1 heterocycles. The van der Waals surface area contributed by atoms with E-state index in [-0.39, 0.29) is 6.61 Å². The zero-order chi connectivity index (χ0) is 19.7. The van der Waals surface area contributed by atoms with Gasteiger partial charge >= 0.3 is 6.18 Å². The number of aliphatic imine (C=N–C) groups is 1. The van der Waals surface area contributed by atoms with Crippen LogP contribution >= 0.6 is 0 Å². The number of guanidine groups is 1. The smallest absolute Gasteiger partial charge is 0.367 e. The Hall–Kier alpha value is -2.62. The molecule has 2 N–H and O–H groups in total. The third kappa shape index (κ3) is 7.65. The van der Waals surface area contributed by atoms with Gasteiger partial charge in [0.1, 0.15) is 18.8 Å². The molecule has 0 saturated carbocycles. The van der Waals surface area contributed by atoms with Crippen molar-refractivity contribution in [2.75, 3.05) is 13.2 Å². The van der Waals surface area contributed by atoms with Crippen molar-refractivity contribution < 1.29 is 17.9 Å². The highest BCUT2D eigenvalue weighted by atomic mass is 19.4. The number of aromatic nitrogens is 3. The number of aryl methyl sites for hydroxylation is 1. The highest BCUT2D eigenvalue weighted by molar-refractivity contribution is 5.79. The minimum atomic E-state index is -4.31. The maximum absolute atomic E-state index is 12.1. The number of benzene rings is 1. The molecule has 0 spiro atoms. The number of hydrogen-bond acceptors (Lipinski definition) is 4. The number of halogens is 3. The summed E-state index contributed by atoms with van der Waals surface area (Å²) in [6, 6.07) is 7.12. The topological polar surface area (TPSA) is 76.4 Å². The molecule has 1 aromatic carbocycles. The van der Waals surface area contributed by atoms with Gasteiger partial charge in [-0.05, 0) is 18.1 Å². The maximum Gasteiger partial charge on any atom is 0.411 e. The second-order valence-corrected chi connectivity index (χ2v) is 5.77. The molecule has 0 aliphatic heterocycles. The molecule has 0 aliphatic rings. The van der Waals surface area contributed by atoms with E-state index < -0.39 is 12.8 Å². The Labute approximate surface area is 155 Å². The van der Waals surface area contributed by atoms with Crippen LogP contribution < -0.4 is 10.6 Å². The van der Waals surface area contributed by atoms with Crippen LogP contribution in [0.4, 0.5) is 13.2 Å². The van der Waals surface area contributed by atoms with Gasteiger partial charge in [0.25, 0.3) is 0 Å². The van der Waals surface area contributed by atoms with E-state index in [0.717, 1.165) is 11.4 Å². The largest absolute Gasteiger partial charge is 0.411 e. The Balaban J connectivity index is 1.86. The Morgan fingerprint density at radius 3 is 2.48 bits per heavy atom. The van der Waals surface area contributed by atoms with Crippen molar-refractivity contribution in [3.63, 3.8) is 0 Å². The Morgan fingerprint density at radius 1 is 1.19 bits per heavy atom. The molecule has 0 saturated heterocycles. The normalized spacial score (nSPS) is 12.3. The van der Waals surface area contributed by atoms with E-state index >= 15 is 0 Å².